The summed E-state index contributed by atoms with van der Waals surface area (Å²) in [6.07, 6.45) is 1.10. The van der Waals surface area contributed by atoms with E-state index in [-0.39, 0.29) is 24.4 Å². The summed E-state index contributed by atoms with van der Waals surface area (Å²) in [7, 11) is -3.60. The molecule has 0 heterocycles. The maximum absolute atomic E-state index is 12.4. The van der Waals surface area contributed by atoms with Gasteiger partial charge in [-0.25, -0.2) is 8.42 Å². The first-order chi connectivity index (χ1) is 14.4. The fourth-order valence-electron chi connectivity index (χ4n) is 3.18. The standard InChI is InChI=1S/C24H34N2O4S/c1-18(2)19-11-13-20(14-12-19)26(31(6,28)29)17-23(27)25-15-16-30-22-10-8-7-9-21(22)24(3,4)5/h7-14,18H,15-17H2,1-6H3,(H,25,27). The summed E-state index contributed by atoms with van der Waals surface area (Å²) in [6, 6.07) is 15.1. The van der Waals surface area contributed by atoms with Crippen molar-refractivity contribution in [2.75, 3.05) is 30.3 Å². The molecule has 31 heavy (non-hydrogen) atoms. The van der Waals surface area contributed by atoms with E-state index in [1.54, 1.807) is 12.1 Å². The SMILES string of the molecule is CC(C)c1ccc(N(CC(=O)NCCOc2ccccc2C(C)(C)C)S(C)(=O)=O)cc1. The maximum Gasteiger partial charge on any atom is 0.240 e. The number of amides is 1. The minimum absolute atomic E-state index is 0.0546. The molecule has 1 amide bonds. The molecule has 0 fully saturated rings. The van der Waals surface area contributed by atoms with E-state index in [9.17, 15) is 13.2 Å². The van der Waals surface area contributed by atoms with E-state index in [0.717, 1.165) is 27.4 Å². The van der Waals surface area contributed by atoms with Gasteiger partial charge >= 0.3 is 0 Å². The molecule has 2 aromatic carbocycles. The van der Waals surface area contributed by atoms with Crippen molar-refractivity contribution in [3.63, 3.8) is 0 Å². The lowest BCUT2D eigenvalue weighted by Gasteiger charge is -2.23. The second-order valence-corrected chi connectivity index (χ2v) is 10.9. The molecule has 0 spiro atoms. The van der Waals surface area contributed by atoms with Crippen LogP contribution < -0.4 is 14.4 Å². The van der Waals surface area contributed by atoms with Gasteiger partial charge in [-0.05, 0) is 40.7 Å². The average molecular weight is 447 g/mol. The van der Waals surface area contributed by atoms with Crippen LogP contribution in [0.1, 0.15) is 51.7 Å². The van der Waals surface area contributed by atoms with E-state index in [1.165, 1.54) is 0 Å². The molecule has 0 saturated heterocycles. The number of carbonyl (C=O) groups excluding carboxylic acids is 1. The van der Waals surface area contributed by atoms with Crippen molar-refractivity contribution >= 4 is 21.6 Å². The van der Waals surface area contributed by atoms with E-state index in [0.29, 0.717) is 18.2 Å². The van der Waals surface area contributed by atoms with Crippen LogP contribution in [0.25, 0.3) is 0 Å². The smallest absolute Gasteiger partial charge is 0.240 e. The number of carbonyl (C=O) groups is 1. The van der Waals surface area contributed by atoms with Crippen LogP contribution in [0.3, 0.4) is 0 Å². The fourth-order valence-corrected chi connectivity index (χ4v) is 4.03. The summed E-state index contributed by atoms with van der Waals surface area (Å²) in [5, 5.41) is 2.74. The van der Waals surface area contributed by atoms with Crippen LogP contribution in [-0.2, 0) is 20.2 Å². The van der Waals surface area contributed by atoms with Crippen molar-refractivity contribution in [1.29, 1.82) is 0 Å². The number of ether oxygens (including phenoxy) is 1. The highest BCUT2D eigenvalue weighted by atomic mass is 32.2. The monoisotopic (exact) mass is 446 g/mol. The molecule has 0 aromatic heterocycles. The highest BCUT2D eigenvalue weighted by Gasteiger charge is 2.21. The van der Waals surface area contributed by atoms with Crippen molar-refractivity contribution in [2.45, 2.75) is 46.0 Å². The highest BCUT2D eigenvalue weighted by molar-refractivity contribution is 7.92. The van der Waals surface area contributed by atoms with Crippen molar-refractivity contribution in [2.24, 2.45) is 0 Å². The van der Waals surface area contributed by atoms with Gasteiger partial charge in [0.25, 0.3) is 0 Å². The van der Waals surface area contributed by atoms with Gasteiger partial charge < -0.3 is 10.1 Å². The van der Waals surface area contributed by atoms with Crippen LogP contribution in [0.5, 0.6) is 5.75 Å². The Hall–Kier alpha value is -2.54. The second kappa shape index (κ2) is 10.2. The Balaban J connectivity index is 1.96. The van der Waals surface area contributed by atoms with Crippen LogP contribution in [0.15, 0.2) is 48.5 Å². The van der Waals surface area contributed by atoms with Gasteiger partial charge in [-0.15, -0.1) is 0 Å². The molecule has 0 radical (unpaired) electrons. The van der Waals surface area contributed by atoms with Gasteiger partial charge in [0.15, 0.2) is 0 Å². The van der Waals surface area contributed by atoms with E-state index < -0.39 is 10.0 Å². The Morgan fingerprint density at radius 1 is 1.06 bits per heavy atom. The van der Waals surface area contributed by atoms with Gasteiger partial charge in [0.2, 0.25) is 15.9 Å². The molecule has 0 aliphatic carbocycles. The lowest BCUT2D eigenvalue weighted by molar-refractivity contribution is -0.119. The van der Waals surface area contributed by atoms with Crippen LogP contribution in [0, 0.1) is 0 Å². The Bertz CT molecular complexity index is 977. The Morgan fingerprint density at radius 2 is 1.68 bits per heavy atom. The summed E-state index contributed by atoms with van der Waals surface area (Å²) in [5.74, 6) is 0.741. The van der Waals surface area contributed by atoms with Crippen molar-refractivity contribution in [3.05, 3.63) is 59.7 Å². The topological polar surface area (TPSA) is 75.7 Å². The molecule has 2 aromatic rings. The molecule has 0 bridgehead atoms. The minimum Gasteiger partial charge on any atom is -0.491 e. The zero-order valence-corrected chi connectivity index (χ0v) is 20.1. The lowest BCUT2D eigenvalue weighted by Crippen LogP contribution is -2.41. The molecule has 1 N–H and O–H groups in total. The van der Waals surface area contributed by atoms with Crippen LogP contribution in [0.2, 0.25) is 0 Å². The molecule has 0 atom stereocenters. The number of anilines is 1. The summed E-state index contributed by atoms with van der Waals surface area (Å²) in [4.78, 5) is 12.4. The van der Waals surface area contributed by atoms with Gasteiger partial charge in [-0.3, -0.25) is 9.10 Å². The third-order valence-electron chi connectivity index (χ3n) is 4.91. The quantitative estimate of drug-likeness (QED) is 0.589. The van der Waals surface area contributed by atoms with Gasteiger partial charge in [0, 0.05) is 0 Å². The van der Waals surface area contributed by atoms with E-state index >= 15 is 0 Å². The fraction of sp³-hybridized carbons (Fsp3) is 0.458. The van der Waals surface area contributed by atoms with Gasteiger partial charge in [-0.2, -0.15) is 0 Å². The largest absolute Gasteiger partial charge is 0.491 e. The number of sulfonamides is 1. The molecule has 7 heteroatoms. The zero-order chi connectivity index (χ0) is 23.2. The summed E-state index contributed by atoms with van der Waals surface area (Å²) < 4.78 is 31.5. The lowest BCUT2D eigenvalue weighted by atomic mass is 9.86. The number of nitrogens with zero attached hydrogens (tertiary/aromatic N) is 1. The molecule has 0 saturated carbocycles. The van der Waals surface area contributed by atoms with Gasteiger partial charge in [-0.1, -0.05) is 65.0 Å². The zero-order valence-electron chi connectivity index (χ0n) is 19.3. The van der Waals surface area contributed by atoms with Crippen LogP contribution >= 0.6 is 0 Å². The molecule has 0 aliphatic heterocycles. The number of benzene rings is 2. The molecule has 6 nitrogen and oxygen atoms in total. The van der Waals surface area contributed by atoms with Crippen molar-refractivity contribution in [3.8, 4) is 5.75 Å². The van der Waals surface area contributed by atoms with Crippen LogP contribution in [-0.4, -0.2) is 40.3 Å². The van der Waals surface area contributed by atoms with Gasteiger partial charge in [0.05, 0.1) is 18.5 Å². The normalized spacial score (nSPS) is 12.0. The van der Waals surface area contributed by atoms with E-state index in [4.69, 9.17) is 4.74 Å². The van der Waals surface area contributed by atoms with Gasteiger partial charge in [0.1, 0.15) is 18.9 Å². The molecular weight excluding hydrogens is 412 g/mol. The first-order valence-corrected chi connectivity index (χ1v) is 12.3. The third kappa shape index (κ3) is 7.28. The second-order valence-electron chi connectivity index (χ2n) is 8.96. The Morgan fingerprint density at radius 3 is 2.23 bits per heavy atom. The number of para-hydroxylation sites is 1. The number of hydrogen-bond donors (Lipinski definition) is 1. The summed E-state index contributed by atoms with van der Waals surface area (Å²) in [6.45, 7) is 10.8. The van der Waals surface area contributed by atoms with E-state index in [2.05, 4.69) is 39.9 Å². The average Bonchev–Trinajstić information content (AvgIpc) is 2.68. The predicted molar refractivity (Wildman–Crippen MR) is 126 cm³/mol. The first kappa shape index (κ1) is 24.7. The van der Waals surface area contributed by atoms with Crippen molar-refractivity contribution < 1.29 is 17.9 Å². The number of rotatable bonds is 9. The number of nitrogens with one attached hydrogen (secondary N) is 1. The minimum atomic E-state index is -3.60. The third-order valence-corrected chi connectivity index (χ3v) is 6.05. The molecule has 0 aliphatic rings. The highest BCUT2D eigenvalue weighted by Crippen LogP contribution is 2.30. The molecule has 2 rings (SSSR count). The van der Waals surface area contributed by atoms with Crippen LogP contribution in [0.4, 0.5) is 5.69 Å². The maximum atomic E-state index is 12.4. The van der Waals surface area contributed by atoms with Crippen molar-refractivity contribution in [1.82, 2.24) is 5.32 Å². The number of hydrogen-bond acceptors (Lipinski definition) is 4. The summed E-state index contributed by atoms with van der Waals surface area (Å²) >= 11 is 0. The first-order valence-electron chi connectivity index (χ1n) is 10.5. The Kier molecular flexibility index (Phi) is 8.12. The summed E-state index contributed by atoms with van der Waals surface area (Å²) in [5.41, 5.74) is 2.61. The Labute approximate surface area is 186 Å². The predicted octanol–water partition coefficient (Wildman–Crippen LogP) is 4.07. The van der Waals surface area contributed by atoms with E-state index in [1.807, 2.05) is 36.4 Å². The molecule has 0 unspecified atom stereocenters. The molecule has 170 valence electrons. The molecular formula is C24H34N2O4S.